The van der Waals surface area contributed by atoms with Crippen LogP contribution in [0.4, 0.5) is 0 Å². The Morgan fingerprint density at radius 3 is 3.00 bits per heavy atom. The van der Waals surface area contributed by atoms with Gasteiger partial charge in [0.05, 0.1) is 16.6 Å². The van der Waals surface area contributed by atoms with Crippen LogP contribution in [0.15, 0.2) is 48.9 Å². The molecule has 1 aliphatic heterocycles. The molecule has 1 amide bonds. The van der Waals surface area contributed by atoms with Gasteiger partial charge in [-0.1, -0.05) is 18.2 Å². The maximum atomic E-state index is 12.9. The molecular formula is C17H15N3OS. The van der Waals surface area contributed by atoms with E-state index in [0.717, 1.165) is 40.0 Å². The first kappa shape index (κ1) is 13.4. The highest BCUT2D eigenvalue weighted by Gasteiger charge is 2.32. The van der Waals surface area contributed by atoms with Crippen LogP contribution in [-0.4, -0.2) is 27.3 Å². The smallest absolute Gasteiger partial charge is 0.264 e. The molecule has 22 heavy (non-hydrogen) atoms. The van der Waals surface area contributed by atoms with Gasteiger partial charge in [-0.25, -0.2) is 9.97 Å². The van der Waals surface area contributed by atoms with Crippen LogP contribution in [0.1, 0.15) is 34.2 Å². The van der Waals surface area contributed by atoms with Gasteiger partial charge in [-0.3, -0.25) is 4.79 Å². The van der Waals surface area contributed by atoms with E-state index < -0.39 is 0 Å². The summed E-state index contributed by atoms with van der Waals surface area (Å²) in [5.41, 5.74) is 0.932. The molecule has 1 atom stereocenters. The number of fused-ring (bicyclic) bond motifs is 1. The predicted octanol–water partition coefficient (Wildman–Crippen LogP) is 3.67. The van der Waals surface area contributed by atoms with E-state index in [-0.39, 0.29) is 11.9 Å². The van der Waals surface area contributed by atoms with E-state index in [4.69, 9.17) is 0 Å². The summed E-state index contributed by atoms with van der Waals surface area (Å²) in [6, 6.07) is 12.1. The molecule has 4 rings (SSSR count). The van der Waals surface area contributed by atoms with Crippen molar-refractivity contribution in [2.24, 2.45) is 0 Å². The molecule has 5 heteroatoms. The number of likely N-dealkylation sites (tertiary alicyclic amines) is 1. The Bertz CT molecular complexity index is 782. The van der Waals surface area contributed by atoms with Gasteiger partial charge in [-0.05, 0) is 36.4 Å². The molecule has 0 spiro atoms. The average molecular weight is 309 g/mol. The van der Waals surface area contributed by atoms with E-state index in [0.29, 0.717) is 0 Å². The van der Waals surface area contributed by atoms with Gasteiger partial charge < -0.3 is 4.90 Å². The minimum Gasteiger partial charge on any atom is -0.329 e. The Morgan fingerprint density at radius 1 is 1.27 bits per heavy atom. The van der Waals surface area contributed by atoms with E-state index >= 15 is 0 Å². The predicted molar refractivity (Wildman–Crippen MR) is 86.9 cm³/mol. The summed E-state index contributed by atoms with van der Waals surface area (Å²) in [4.78, 5) is 23.9. The van der Waals surface area contributed by atoms with E-state index in [9.17, 15) is 4.79 Å². The summed E-state index contributed by atoms with van der Waals surface area (Å²) in [6.45, 7) is 0.793. The van der Waals surface area contributed by atoms with Crippen LogP contribution in [0.2, 0.25) is 0 Å². The number of aromatic nitrogens is 2. The molecule has 0 aliphatic carbocycles. The topological polar surface area (TPSA) is 46.1 Å². The highest BCUT2D eigenvalue weighted by atomic mass is 32.1. The number of amides is 1. The number of hydrogen-bond acceptors (Lipinski definition) is 4. The summed E-state index contributed by atoms with van der Waals surface area (Å²) in [7, 11) is 0. The number of benzene rings is 1. The van der Waals surface area contributed by atoms with Gasteiger partial charge in [0.25, 0.3) is 5.91 Å². The molecule has 3 aromatic rings. The fourth-order valence-corrected chi connectivity index (χ4v) is 4.06. The van der Waals surface area contributed by atoms with Gasteiger partial charge in [0, 0.05) is 17.4 Å². The quantitative estimate of drug-likeness (QED) is 0.725. The number of thiophene rings is 1. The van der Waals surface area contributed by atoms with Crippen LogP contribution < -0.4 is 0 Å². The van der Waals surface area contributed by atoms with Crippen molar-refractivity contribution in [1.29, 1.82) is 0 Å². The number of carbonyl (C=O) groups excluding carboxylic acids is 1. The molecule has 2 aromatic heterocycles. The van der Waals surface area contributed by atoms with Gasteiger partial charge >= 0.3 is 0 Å². The highest BCUT2D eigenvalue weighted by molar-refractivity contribution is 7.20. The van der Waals surface area contributed by atoms with Crippen LogP contribution in [0.3, 0.4) is 0 Å². The van der Waals surface area contributed by atoms with Crippen molar-refractivity contribution in [1.82, 2.24) is 14.9 Å². The normalized spacial score (nSPS) is 18.0. The van der Waals surface area contributed by atoms with Gasteiger partial charge in [0.15, 0.2) is 0 Å². The van der Waals surface area contributed by atoms with E-state index in [1.807, 2.05) is 29.2 Å². The molecule has 0 saturated carbocycles. The molecule has 4 nitrogen and oxygen atoms in total. The van der Waals surface area contributed by atoms with Crippen LogP contribution in [-0.2, 0) is 0 Å². The standard InChI is InChI=1S/C17H15N3OS/c21-17(16-10-12-4-1-2-6-15(12)22-16)20-9-3-5-14(20)13-7-8-18-11-19-13/h1-2,4,6-8,10-11,14H,3,5,9H2/t14-/m1/s1. The van der Waals surface area contributed by atoms with Crippen LogP contribution in [0.25, 0.3) is 10.1 Å². The molecule has 1 fully saturated rings. The summed E-state index contributed by atoms with van der Waals surface area (Å²) in [5, 5.41) is 1.13. The number of hydrogen-bond donors (Lipinski definition) is 0. The zero-order valence-corrected chi connectivity index (χ0v) is 12.8. The van der Waals surface area contributed by atoms with Crippen molar-refractivity contribution < 1.29 is 4.79 Å². The largest absolute Gasteiger partial charge is 0.329 e. The lowest BCUT2D eigenvalue weighted by molar-refractivity contribution is 0.0738. The minimum absolute atomic E-state index is 0.0701. The lowest BCUT2D eigenvalue weighted by Gasteiger charge is -2.23. The summed E-state index contributed by atoms with van der Waals surface area (Å²) < 4.78 is 1.16. The van der Waals surface area contributed by atoms with E-state index in [1.165, 1.54) is 0 Å². The SMILES string of the molecule is O=C(c1cc2ccccc2s1)N1CCC[C@@H]1c1ccncn1. The Balaban J connectivity index is 1.66. The number of rotatable bonds is 2. The summed E-state index contributed by atoms with van der Waals surface area (Å²) in [5.74, 6) is 0.113. The third kappa shape index (κ3) is 2.27. The number of nitrogens with zero attached hydrogens (tertiary/aromatic N) is 3. The average Bonchev–Trinajstić information content (AvgIpc) is 3.21. The van der Waals surface area contributed by atoms with Crippen molar-refractivity contribution in [2.75, 3.05) is 6.54 Å². The maximum absolute atomic E-state index is 12.9. The Labute approximate surface area is 132 Å². The molecule has 110 valence electrons. The molecule has 0 unspecified atom stereocenters. The molecule has 3 heterocycles. The third-order valence-electron chi connectivity index (χ3n) is 4.10. The van der Waals surface area contributed by atoms with E-state index in [1.54, 1.807) is 23.9 Å². The molecule has 0 N–H and O–H groups in total. The lowest BCUT2D eigenvalue weighted by Crippen LogP contribution is -2.30. The lowest BCUT2D eigenvalue weighted by atomic mass is 10.1. The van der Waals surface area contributed by atoms with E-state index in [2.05, 4.69) is 22.1 Å². The second kappa shape index (κ2) is 5.50. The van der Waals surface area contributed by atoms with Gasteiger partial charge in [0.1, 0.15) is 6.33 Å². The van der Waals surface area contributed by atoms with Gasteiger partial charge in [-0.2, -0.15) is 0 Å². The third-order valence-corrected chi connectivity index (χ3v) is 5.20. The maximum Gasteiger partial charge on any atom is 0.264 e. The van der Waals surface area contributed by atoms with Crippen LogP contribution in [0.5, 0.6) is 0 Å². The molecule has 1 aliphatic rings. The first-order valence-electron chi connectivity index (χ1n) is 7.38. The van der Waals surface area contributed by atoms with Crippen molar-refractivity contribution in [2.45, 2.75) is 18.9 Å². The second-order valence-electron chi connectivity index (χ2n) is 5.44. The monoisotopic (exact) mass is 309 g/mol. The first-order chi connectivity index (χ1) is 10.8. The number of carbonyl (C=O) groups is 1. The summed E-state index contributed by atoms with van der Waals surface area (Å²) in [6.07, 6.45) is 5.28. The molecular weight excluding hydrogens is 294 g/mol. The van der Waals surface area contributed by atoms with Crippen molar-refractivity contribution >= 4 is 27.3 Å². The van der Waals surface area contributed by atoms with Crippen molar-refractivity contribution in [3.63, 3.8) is 0 Å². The van der Waals surface area contributed by atoms with Crippen molar-refractivity contribution in [3.05, 3.63) is 59.5 Å². The Morgan fingerprint density at radius 2 is 2.18 bits per heavy atom. The van der Waals surface area contributed by atoms with Gasteiger partial charge in [0.2, 0.25) is 0 Å². The Kier molecular flexibility index (Phi) is 3.35. The first-order valence-corrected chi connectivity index (χ1v) is 8.20. The molecule has 0 bridgehead atoms. The zero-order valence-electron chi connectivity index (χ0n) is 12.0. The van der Waals surface area contributed by atoms with Gasteiger partial charge in [-0.15, -0.1) is 11.3 Å². The zero-order chi connectivity index (χ0) is 14.9. The van der Waals surface area contributed by atoms with Crippen LogP contribution >= 0.6 is 11.3 Å². The fraction of sp³-hybridized carbons (Fsp3) is 0.235. The fourth-order valence-electron chi connectivity index (χ4n) is 3.04. The minimum atomic E-state index is 0.0701. The summed E-state index contributed by atoms with van der Waals surface area (Å²) >= 11 is 1.57. The Hall–Kier alpha value is -2.27. The second-order valence-corrected chi connectivity index (χ2v) is 6.52. The van der Waals surface area contributed by atoms with Crippen LogP contribution in [0, 0.1) is 0 Å². The molecule has 1 aromatic carbocycles. The molecule has 1 saturated heterocycles. The molecule has 0 radical (unpaired) electrons. The van der Waals surface area contributed by atoms with Crippen molar-refractivity contribution in [3.8, 4) is 0 Å². The highest BCUT2D eigenvalue weighted by Crippen LogP contribution is 2.34.